The molecular weight excluding hydrogens is 192 g/mol. The van der Waals surface area contributed by atoms with Crippen molar-refractivity contribution < 1.29 is 4.79 Å². The van der Waals surface area contributed by atoms with Crippen molar-refractivity contribution in [1.29, 1.82) is 0 Å². The Hall–Kier alpha value is -0.110. The molecule has 0 aromatic carbocycles. The Morgan fingerprint density at radius 3 is 2.90 bits per heavy atom. The lowest BCUT2D eigenvalue weighted by Crippen LogP contribution is -2.10. The summed E-state index contributed by atoms with van der Waals surface area (Å²) in [6, 6.07) is 0. The number of allylic oxidation sites excluding steroid dienone is 2. The summed E-state index contributed by atoms with van der Waals surface area (Å²) in [6.45, 7) is 1.88. The first-order chi connectivity index (χ1) is 4.72. The van der Waals surface area contributed by atoms with Crippen LogP contribution in [0.15, 0.2) is 11.6 Å². The molecule has 1 aliphatic rings. The highest BCUT2D eigenvalue weighted by molar-refractivity contribution is 9.10. The first-order valence-electron chi connectivity index (χ1n) is 3.59. The van der Waals surface area contributed by atoms with Crippen molar-refractivity contribution in [3.63, 3.8) is 0 Å². The lowest BCUT2D eigenvalue weighted by molar-refractivity contribution is -0.114. The largest absolute Gasteiger partial charge is 0.293 e. The van der Waals surface area contributed by atoms with Crippen LogP contribution >= 0.6 is 15.9 Å². The molecule has 0 radical (unpaired) electrons. The predicted octanol–water partition coefficient (Wildman–Crippen LogP) is 2.45. The second-order valence-corrected chi connectivity index (χ2v) is 3.98. The Balaban J connectivity index is 2.56. The number of carbonyl (C=O) groups is 1. The number of halogens is 1. The molecule has 1 nitrogen and oxygen atoms in total. The van der Waals surface area contributed by atoms with Crippen molar-refractivity contribution >= 4 is 21.7 Å². The average molecular weight is 203 g/mol. The second kappa shape index (κ2) is 3.33. The van der Waals surface area contributed by atoms with E-state index in [-0.39, 0.29) is 10.6 Å². The Kier molecular flexibility index (Phi) is 2.66. The van der Waals surface area contributed by atoms with E-state index in [0.717, 1.165) is 24.8 Å². The van der Waals surface area contributed by atoms with Gasteiger partial charge in [-0.05, 0) is 31.8 Å². The van der Waals surface area contributed by atoms with E-state index in [2.05, 4.69) is 22.0 Å². The molecule has 2 heteroatoms. The highest BCUT2D eigenvalue weighted by Gasteiger charge is 2.16. The van der Waals surface area contributed by atoms with Gasteiger partial charge in [-0.3, -0.25) is 4.79 Å². The molecule has 0 unspecified atom stereocenters. The first kappa shape index (κ1) is 7.99. The summed E-state index contributed by atoms with van der Waals surface area (Å²) in [5.41, 5.74) is 1.02. The van der Waals surface area contributed by atoms with Gasteiger partial charge in [0.05, 0.1) is 4.83 Å². The van der Waals surface area contributed by atoms with Gasteiger partial charge >= 0.3 is 0 Å². The van der Waals surface area contributed by atoms with Crippen LogP contribution < -0.4 is 0 Å². The van der Waals surface area contributed by atoms with Gasteiger partial charge in [-0.1, -0.05) is 22.0 Å². The molecule has 0 aromatic rings. The number of alkyl halides is 1. The van der Waals surface area contributed by atoms with E-state index < -0.39 is 0 Å². The highest BCUT2D eigenvalue weighted by Crippen LogP contribution is 2.21. The number of hydrogen-bond acceptors (Lipinski definition) is 1. The standard InChI is InChI=1S/C8H11BrO/c1-6(9)8(10)7-4-2-3-5-7/h4,6H,2-3,5H2,1H3/t6-/m1/s1. The number of ketones is 1. The summed E-state index contributed by atoms with van der Waals surface area (Å²) in [4.78, 5) is 11.2. The minimum absolute atomic E-state index is 0.00292. The van der Waals surface area contributed by atoms with Crippen LogP contribution in [-0.2, 0) is 4.79 Å². The fourth-order valence-electron chi connectivity index (χ4n) is 1.15. The van der Waals surface area contributed by atoms with Gasteiger partial charge in [0.25, 0.3) is 0 Å². The molecule has 56 valence electrons. The Bertz CT molecular complexity index is 170. The van der Waals surface area contributed by atoms with E-state index >= 15 is 0 Å². The third-order valence-corrected chi connectivity index (χ3v) is 2.13. The van der Waals surface area contributed by atoms with Crippen LogP contribution in [0.5, 0.6) is 0 Å². The van der Waals surface area contributed by atoms with Gasteiger partial charge in [-0.15, -0.1) is 0 Å². The number of carbonyl (C=O) groups excluding carboxylic acids is 1. The lowest BCUT2D eigenvalue weighted by Gasteiger charge is -2.01. The van der Waals surface area contributed by atoms with Gasteiger partial charge in [0.1, 0.15) is 0 Å². The van der Waals surface area contributed by atoms with Crippen LogP contribution in [0.25, 0.3) is 0 Å². The van der Waals surface area contributed by atoms with Gasteiger partial charge in [0.15, 0.2) is 5.78 Å². The van der Waals surface area contributed by atoms with Crippen LogP contribution in [0.1, 0.15) is 26.2 Å². The maximum atomic E-state index is 11.2. The van der Waals surface area contributed by atoms with Gasteiger partial charge in [-0.2, -0.15) is 0 Å². The van der Waals surface area contributed by atoms with Gasteiger partial charge in [-0.25, -0.2) is 0 Å². The maximum absolute atomic E-state index is 11.2. The maximum Gasteiger partial charge on any atom is 0.171 e. The molecule has 1 rings (SSSR count). The van der Waals surface area contributed by atoms with E-state index in [1.807, 2.05) is 6.92 Å². The van der Waals surface area contributed by atoms with E-state index in [1.165, 1.54) is 0 Å². The zero-order chi connectivity index (χ0) is 7.56. The normalized spacial score (nSPS) is 20.4. The molecule has 0 amide bonds. The molecule has 0 N–H and O–H groups in total. The summed E-state index contributed by atoms with van der Waals surface area (Å²) in [5.74, 6) is 0.262. The summed E-state index contributed by atoms with van der Waals surface area (Å²) in [5, 5.41) is 0. The second-order valence-electron chi connectivity index (χ2n) is 2.60. The SMILES string of the molecule is C[C@@H](Br)C(=O)C1=CCCC1. The zero-order valence-corrected chi connectivity index (χ0v) is 7.65. The molecule has 10 heavy (non-hydrogen) atoms. The van der Waals surface area contributed by atoms with Crippen LogP contribution in [0.4, 0.5) is 0 Å². The molecule has 0 saturated heterocycles. The third-order valence-electron chi connectivity index (χ3n) is 1.72. The molecule has 0 spiro atoms. The number of hydrogen-bond donors (Lipinski definition) is 0. The van der Waals surface area contributed by atoms with Crippen LogP contribution in [-0.4, -0.2) is 10.6 Å². The van der Waals surface area contributed by atoms with Crippen molar-refractivity contribution in [2.45, 2.75) is 31.0 Å². The number of Topliss-reactive ketones (excluding diaryl/α,β-unsaturated/α-hetero) is 1. The molecule has 0 bridgehead atoms. The summed E-state index contributed by atoms with van der Waals surface area (Å²) >= 11 is 3.26. The summed E-state index contributed by atoms with van der Waals surface area (Å²) in [6.07, 6.45) is 5.27. The van der Waals surface area contributed by atoms with Crippen molar-refractivity contribution in [2.24, 2.45) is 0 Å². The first-order valence-corrected chi connectivity index (χ1v) is 4.50. The number of rotatable bonds is 2. The molecule has 0 fully saturated rings. The van der Waals surface area contributed by atoms with Crippen molar-refractivity contribution in [1.82, 2.24) is 0 Å². The Morgan fingerprint density at radius 1 is 1.80 bits per heavy atom. The van der Waals surface area contributed by atoms with Gasteiger partial charge in [0, 0.05) is 0 Å². The van der Waals surface area contributed by atoms with Gasteiger partial charge in [0.2, 0.25) is 0 Å². The van der Waals surface area contributed by atoms with Crippen LogP contribution in [0.3, 0.4) is 0 Å². The van der Waals surface area contributed by atoms with Crippen molar-refractivity contribution in [3.05, 3.63) is 11.6 Å². The quantitative estimate of drug-likeness (QED) is 0.630. The molecule has 1 aliphatic carbocycles. The topological polar surface area (TPSA) is 17.1 Å². The molecule has 0 aromatic heterocycles. The van der Waals surface area contributed by atoms with E-state index in [0.29, 0.717) is 0 Å². The molecule has 0 saturated carbocycles. The van der Waals surface area contributed by atoms with E-state index in [9.17, 15) is 4.79 Å². The van der Waals surface area contributed by atoms with Crippen molar-refractivity contribution in [2.75, 3.05) is 0 Å². The predicted molar refractivity (Wildman–Crippen MR) is 45.3 cm³/mol. The fourth-order valence-corrected chi connectivity index (χ4v) is 1.44. The van der Waals surface area contributed by atoms with Gasteiger partial charge < -0.3 is 0 Å². The Labute approximate surface area is 69.6 Å². The zero-order valence-electron chi connectivity index (χ0n) is 6.06. The average Bonchev–Trinajstić information content (AvgIpc) is 2.36. The lowest BCUT2D eigenvalue weighted by atomic mass is 10.1. The monoisotopic (exact) mass is 202 g/mol. The molecule has 0 heterocycles. The van der Waals surface area contributed by atoms with Crippen molar-refractivity contribution in [3.8, 4) is 0 Å². The summed E-state index contributed by atoms with van der Waals surface area (Å²) < 4.78 is 0. The molecule has 1 atom stereocenters. The van der Waals surface area contributed by atoms with Crippen LogP contribution in [0.2, 0.25) is 0 Å². The summed E-state index contributed by atoms with van der Waals surface area (Å²) in [7, 11) is 0. The minimum atomic E-state index is -0.00292. The third kappa shape index (κ3) is 1.69. The minimum Gasteiger partial charge on any atom is -0.293 e. The highest BCUT2D eigenvalue weighted by atomic mass is 79.9. The fraction of sp³-hybridized carbons (Fsp3) is 0.625. The Morgan fingerprint density at radius 2 is 2.50 bits per heavy atom. The molecular formula is C8H11BrO. The van der Waals surface area contributed by atoms with Crippen LogP contribution in [0, 0.1) is 0 Å². The smallest absolute Gasteiger partial charge is 0.171 e. The molecule has 0 aliphatic heterocycles. The van der Waals surface area contributed by atoms with E-state index in [1.54, 1.807) is 0 Å². The van der Waals surface area contributed by atoms with E-state index in [4.69, 9.17) is 0 Å².